The highest BCUT2D eigenvalue weighted by Crippen LogP contribution is 2.24. The lowest BCUT2D eigenvalue weighted by atomic mass is 10.1. The molecule has 0 saturated carbocycles. The van der Waals surface area contributed by atoms with Gasteiger partial charge in [0.05, 0.1) is 6.61 Å². The summed E-state index contributed by atoms with van der Waals surface area (Å²) in [5.41, 5.74) is 1.79. The molecule has 1 atom stereocenters. The van der Waals surface area contributed by atoms with Gasteiger partial charge in [-0.2, -0.15) is 0 Å². The van der Waals surface area contributed by atoms with Gasteiger partial charge in [-0.15, -0.1) is 0 Å². The largest absolute Gasteiger partial charge is 0.494 e. The number of nitrogens with zero attached hydrogens (tertiary/aromatic N) is 3. The van der Waals surface area contributed by atoms with E-state index in [9.17, 15) is 9.90 Å². The Labute approximate surface area is 160 Å². The Balaban J connectivity index is 1.70. The van der Waals surface area contributed by atoms with Crippen LogP contribution >= 0.6 is 0 Å². The van der Waals surface area contributed by atoms with Gasteiger partial charge in [-0.05, 0) is 31.5 Å². The zero-order valence-corrected chi connectivity index (χ0v) is 15.8. The maximum absolute atomic E-state index is 12.8. The van der Waals surface area contributed by atoms with Gasteiger partial charge in [-0.1, -0.05) is 18.2 Å². The molecule has 144 valence electrons. The van der Waals surface area contributed by atoms with Crippen molar-refractivity contribution in [3.05, 3.63) is 59.9 Å². The molecule has 1 N–H and O–H groups in total. The lowest BCUT2D eigenvalue weighted by Gasteiger charge is -2.41. The number of hydrogen-bond acceptors (Lipinski definition) is 5. The summed E-state index contributed by atoms with van der Waals surface area (Å²) in [4.78, 5) is 20.9. The standard InChI is InChI=1S/C21H27N3O3/c1-2-27-20-6-4-3-5-18(20)15-23-12-13-24(16-19(23)9-14-25)21(26)17-7-10-22-11-8-17/h3-8,10-11,19,25H,2,9,12-16H2,1H3/t19-/m0/s1. The molecule has 0 radical (unpaired) electrons. The van der Waals surface area contributed by atoms with Crippen molar-refractivity contribution in [2.24, 2.45) is 0 Å². The third-order valence-corrected chi connectivity index (χ3v) is 4.93. The Morgan fingerprint density at radius 3 is 2.74 bits per heavy atom. The molecule has 1 aliphatic rings. The molecule has 2 heterocycles. The van der Waals surface area contributed by atoms with Gasteiger partial charge in [0.15, 0.2) is 0 Å². The number of carbonyl (C=O) groups excluding carboxylic acids is 1. The molecule has 6 heteroatoms. The van der Waals surface area contributed by atoms with Gasteiger partial charge in [0.2, 0.25) is 0 Å². The van der Waals surface area contributed by atoms with Crippen molar-refractivity contribution in [3.8, 4) is 5.75 Å². The van der Waals surface area contributed by atoms with Crippen LogP contribution in [0.25, 0.3) is 0 Å². The number of rotatable bonds is 7. The van der Waals surface area contributed by atoms with Crippen LogP contribution < -0.4 is 4.74 Å². The molecule has 6 nitrogen and oxygen atoms in total. The van der Waals surface area contributed by atoms with E-state index in [0.717, 1.165) is 24.4 Å². The first-order chi connectivity index (χ1) is 13.2. The number of carbonyl (C=O) groups is 1. The van der Waals surface area contributed by atoms with E-state index in [-0.39, 0.29) is 18.6 Å². The Kier molecular flexibility index (Phi) is 6.79. The summed E-state index contributed by atoms with van der Waals surface area (Å²) in [6.45, 7) is 5.50. The Hall–Kier alpha value is -2.44. The first kappa shape index (κ1) is 19.3. The van der Waals surface area contributed by atoms with Crippen molar-refractivity contribution >= 4 is 5.91 Å². The van der Waals surface area contributed by atoms with E-state index in [2.05, 4.69) is 16.0 Å². The number of aliphatic hydroxyl groups is 1. The molecule has 1 fully saturated rings. The number of benzene rings is 1. The summed E-state index contributed by atoms with van der Waals surface area (Å²) < 4.78 is 5.74. The molecule has 0 spiro atoms. The average molecular weight is 369 g/mol. The second-order valence-electron chi connectivity index (χ2n) is 6.66. The number of aliphatic hydroxyl groups excluding tert-OH is 1. The van der Waals surface area contributed by atoms with Gasteiger partial charge in [0.25, 0.3) is 5.91 Å². The summed E-state index contributed by atoms with van der Waals surface area (Å²) in [6, 6.07) is 11.7. The third kappa shape index (κ3) is 4.84. The van der Waals surface area contributed by atoms with E-state index in [1.807, 2.05) is 30.0 Å². The summed E-state index contributed by atoms with van der Waals surface area (Å²) in [5.74, 6) is 0.924. The molecule has 3 rings (SSSR count). The Morgan fingerprint density at radius 1 is 1.22 bits per heavy atom. The monoisotopic (exact) mass is 369 g/mol. The van der Waals surface area contributed by atoms with Crippen LogP contribution in [0.5, 0.6) is 5.75 Å². The van der Waals surface area contributed by atoms with Crippen LogP contribution in [0.1, 0.15) is 29.3 Å². The number of ether oxygens (including phenoxy) is 1. The van der Waals surface area contributed by atoms with Crippen molar-refractivity contribution in [2.75, 3.05) is 32.8 Å². The Bertz CT molecular complexity index is 738. The fourth-order valence-electron chi connectivity index (χ4n) is 3.54. The predicted octanol–water partition coefficient (Wildman–Crippen LogP) is 2.19. The van der Waals surface area contributed by atoms with Gasteiger partial charge >= 0.3 is 0 Å². The molecule has 1 aliphatic heterocycles. The van der Waals surface area contributed by atoms with Crippen molar-refractivity contribution < 1.29 is 14.6 Å². The topological polar surface area (TPSA) is 65.9 Å². The van der Waals surface area contributed by atoms with Crippen LogP contribution in [0.4, 0.5) is 0 Å². The molecule has 2 aromatic rings. The van der Waals surface area contributed by atoms with Crippen LogP contribution in [-0.2, 0) is 6.54 Å². The number of aromatic nitrogens is 1. The Morgan fingerprint density at radius 2 is 2.00 bits per heavy atom. The van der Waals surface area contributed by atoms with Crippen LogP contribution in [0.3, 0.4) is 0 Å². The first-order valence-corrected chi connectivity index (χ1v) is 9.47. The molecular weight excluding hydrogens is 342 g/mol. The zero-order valence-electron chi connectivity index (χ0n) is 15.8. The smallest absolute Gasteiger partial charge is 0.254 e. The van der Waals surface area contributed by atoms with Gasteiger partial charge in [0.1, 0.15) is 5.75 Å². The van der Waals surface area contributed by atoms with Crippen LogP contribution in [-0.4, -0.2) is 64.7 Å². The number of para-hydroxylation sites is 1. The lowest BCUT2D eigenvalue weighted by Crippen LogP contribution is -2.54. The van der Waals surface area contributed by atoms with Crippen LogP contribution in [0.15, 0.2) is 48.8 Å². The maximum Gasteiger partial charge on any atom is 0.254 e. The van der Waals surface area contributed by atoms with E-state index >= 15 is 0 Å². The first-order valence-electron chi connectivity index (χ1n) is 9.47. The van der Waals surface area contributed by atoms with Gasteiger partial charge < -0.3 is 14.7 Å². The summed E-state index contributed by atoms with van der Waals surface area (Å²) in [6.07, 6.45) is 3.91. The highest BCUT2D eigenvalue weighted by molar-refractivity contribution is 5.94. The number of piperazine rings is 1. The van der Waals surface area contributed by atoms with E-state index in [4.69, 9.17) is 4.74 Å². The minimum absolute atomic E-state index is 0.0229. The number of hydrogen-bond donors (Lipinski definition) is 1. The van der Waals surface area contributed by atoms with E-state index in [1.54, 1.807) is 24.5 Å². The van der Waals surface area contributed by atoms with Gasteiger partial charge in [-0.25, -0.2) is 0 Å². The van der Waals surface area contributed by atoms with Crippen LogP contribution in [0.2, 0.25) is 0 Å². The average Bonchev–Trinajstić information content (AvgIpc) is 2.71. The third-order valence-electron chi connectivity index (χ3n) is 4.93. The van der Waals surface area contributed by atoms with Crippen molar-refractivity contribution in [3.63, 3.8) is 0 Å². The SMILES string of the molecule is CCOc1ccccc1CN1CCN(C(=O)c2ccncc2)C[C@@H]1CCO. The maximum atomic E-state index is 12.8. The van der Waals surface area contributed by atoms with Crippen LogP contribution in [0, 0.1) is 0 Å². The van der Waals surface area contributed by atoms with Crippen molar-refractivity contribution in [1.82, 2.24) is 14.8 Å². The summed E-state index contributed by atoms with van der Waals surface area (Å²) in [5, 5.41) is 9.52. The second-order valence-corrected chi connectivity index (χ2v) is 6.66. The molecule has 1 amide bonds. The zero-order chi connectivity index (χ0) is 19.1. The number of amides is 1. The lowest BCUT2D eigenvalue weighted by molar-refractivity contribution is 0.0392. The van der Waals surface area contributed by atoms with Gasteiger partial charge in [0, 0.05) is 62.3 Å². The fourth-order valence-corrected chi connectivity index (χ4v) is 3.54. The van der Waals surface area contributed by atoms with E-state index < -0.39 is 0 Å². The fraction of sp³-hybridized carbons (Fsp3) is 0.429. The summed E-state index contributed by atoms with van der Waals surface area (Å²) >= 11 is 0. The predicted molar refractivity (Wildman–Crippen MR) is 104 cm³/mol. The molecule has 27 heavy (non-hydrogen) atoms. The highest BCUT2D eigenvalue weighted by atomic mass is 16.5. The molecular formula is C21H27N3O3. The van der Waals surface area contributed by atoms with E-state index in [1.165, 1.54) is 0 Å². The van der Waals surface area contributed by atoms with E-state index in [0.29, 0.717) is 31.7 Å². The summed E-state index contributed by atoms with van der Waals surface area (Å²) in [7, 11) is 0. The normalized spacial score (nSPS) is 17.7. The molecule has 1 saturated heterocycles. The minimum atomic E-state index is 0.0229. The molecule has 0 bridgehead atoms. The second kappa shape index (κ2) is 9.48. The molecule has 0 unspecified atom stereocenters. The van der Waals surface area contributed by atoms with Crippen molar-refractivity contribution in [2.45, 2.75) is 25.9 Å². The molecule has 0 aliphatic carbocycles. The van der Waals surface area contributed by atoms with Gasteiger partial charge in [-0.3, -0.25) is 14.7 Å². The molecule has 1 aromatic heterocycles. The quantitative estimate of drug-likeness (QED) is 0.810. The molecule has 1 aromatic carbocycles. The highest BCUT2D eigenvalue weighted by Gasteiger charge is 2.30. The van der Waals surface area contributed by atoms with Crippen molar-refractivity contribution in [1.29, 1.82) is 0 Å². The number of pyridine rings is 1. The minimum Gasteiger partial charge on any atom is -0.494 e.